The average molecular weight is 517 g/mol. The first kappa shape index (κ1) is 32.5. The van der Waals surface area contributed by atoms with Gasteiger partial charge in [-0.2, -0.15) is 0 Å². The number of hydrogen-bond acceptors (Lipinski definition) is 6. The smallest absolute Gasteiger partial charge is 0.459 e. The second-order valence-electron chi connectivity index (χ2n) is 7.01. The fraction of sp³-hybridized carbons (Fsp3) is 0.632. The monoisotopic (exact) mass is 517 g/mol. The van der Waals surface area contributed by atoms with Gasteiger partial charge in [-0.15, -0.1) is 0 Å². The summed E-state index contributed by atoms with van der Waals surface area (Å²) in [5.41, 5.74) is 5.08. The van der Waals surface area contributed by atoms with Gasteiger partial charge in [0, 0.05) is 32.6 Å². The van der Waals surface area contributed by atoms with Crippen molar-refractivity contribution >= 4 is 24.1 Å². The van der Waals surface area contributed by atoms with Crippen LogP contribution in [0.1, 0.15) is 46.5 Å². The molecule has 0 fully saturated rings. The van der Waals surface area contributed by atoms with Crippen LogP contribution in [-0.4, -0.2) is 60.7 Å². The van der Waals surface area contributed by atoms with Crippen LogP contribution in [-0.2, 0) is 23.9 Å². The molecule has 0 aliphatic heterocycles. The number of aldehydes is 1. The van der Waals surface area contributed by atoms with Crippen LogP contribution in [0.2, 0.25) is 0 Å². The molecular formula is C19H34CsN3O5. The molecule has 1 atom stereocenters. The number of ether oxygens (including phenoxy) is 1. The summed E-state index contributed by atoms with van der Waals surface area (Å²) in [7, 11) is 1.66. The van der Waals surface area contributed by atoms with E-state index in [2.05, 4.69) is 5.32 Å². The maximum Gasteiger partial charge on any atom is 1.00 e. The molecule has 3 N–H and O–H groups in total. The topological polar surface area (TPSA) is 119 Å². The van der Waals surface area contributed by atoms with Crippen LogP contribution in [0.4, 0.5) is 0 Å². The molecule has 0 aromatic heterocycles. The standard InChI is InChI=1S/C18H31N3O5.CH3.Cs/c1-18(2,3)26-17(25)14(19)13-20-15(23)9-6-5-7-11-21(4)16(24)10-8-12-22;;/h8,10,12,14H,5-7,9,11,13,19H2,1-4H3,(H,20,23);1H3;/q;-1;+1/b10-8-;;. The molecule has 0 aliphatic rings. The minimum absolute atomic E-state index is 0. The van der Waals surface area contributed by atoms with Crippen molar-refractivity contribution < 1.29 is 92.8 Å². The summed E-state index contributed by atoms with van der Waals surface area (Å²) in [4.78, 5) is 46.7. The summed E-state index contributed by atoms with van der Waals surface area (Å²) in [6.45, 7) is 5.83. The maximum absolute atomic E-state index is 11.8. The van der Waals surface area contributed by atoms with Gasteiger partial charge in [-0.1, -0.05) is 6.42 Å². The van der Waals surface area contributed by atoms with E-state index in [-0.39, 0.29) is 94.7 Å². The summed E-state index contributed by atoms with van der Waals surface area (Å²) >= 11 is 0. The van der Waals surface area contributed by atoms with Crippen LogP contribution in [0.5, 0.6) is 0 Å². The molecule has 2 amide bonds. The first-order valence-electron chi connectivity index (χ1n) is 8.69. The molecule has 8 nitrogen and oxygen atoms in total. The SMILES string of the molecule is CN(CCCCCC(=O)NCC(N)C(=O)OC(C)(C)C)C(=O)/C=C\C=O.[CH3-].[Cs+]. The molecule has 156 valence electrons. The number of hydrogen-bond donors (Lipinski definition) is 2. The van der Waals surface area contributed by atoms with Gasteiger partial charge >= 0.3 is 74.9 Å². The van der Waals surface area contributed by atoms with E-state index in [1.165, 1.54) is 11.0 Å². The molecule has 0 bridgehead atoms. The molecule has 0 radical (unpaired) electrons. The second-order valence-corrected chi connectivity index (χ2v) is 7.01. The van der Waals surface area contributed by atoms with E-state index >= 15 is 0 Å². The van der Waals surface area contributed by atoms with E-state index in [1.54, 1.807) is 27.8 Å². The van der Waals surface area contributed by atoms with Crippen molar-refractivity contribution in [3.05, 3.63) is 19.6 Å². The third kappa shape index (κ3) is 17.9. The van der Waals surface area contributed by atoms with Crippen LogP contribution in [0.15, 0.2) is 12.2 Å². The molecule has 1 unspecified atom stereocenters. The van der Waals surface area contributed by atoms with E-state index < -0.39 is 17.6 Å². The molecular weight excluding hydrogens is 483 g/mol. The Labute approximate surface area is 227 Å². The molecule has 0 saturated carbocycles. The van der Waals surface area contributed by atoms with E-state index in [1.807, 2.05) is 0 Å². The Morgan fingerprint density at radius 3 is 2.32 bits per heavy atom. The molecule has 0 aromatic carbocycles. The molecule has 0 aromatic rings. The van der Waals surface area contributed by atoms with Gasteiger partial charge in [0.2, 0.25) is 11.8 Å². The van der Waals surface area contributed by atoms with Crippen LogP contribution >= 0.6 is 0 Å². The summed E-state index contributed by atoms with van der Waals surface area (Å²) in [6, 6.07) is -0.891. The molecule has 0 saturated heterocycles. The Morgan fingerprint density at radius 2 is 1.79 bits per heavy atom. The van der Waals surface area contributed by atoms with Crippen LogP contribution < -0.4 is 79.9 Å². The summed E-state index contributed by atoms with van der Waals surface area (Å²) < 4.78 is 5.14. The third-order valence-electron chi connectivity index (χ3n) is 3.32. The number of nitrogens with zero attached hydrogens (tertiary/aromatic N) is 1. The average Bonchev–Trinajstić information content (AvgIpc) is 2.55. The quantitative estimate of drug-likeness (QED) is 0.108. The van der Waals surface area contributed by atoms with E-state index in [0.29, 0.717) is 25.7 Å². The molecule has 0 heterocycles. The Bertz CT molecular complexity index is 518. The van der Waals surface area contributed by atoms with Gasteiger partial charge in [0.05, 0.1) is 0 Å². The molecule has 0 spiro atoms. The van der Waals surface area contributed by atoms with Gasteiger partial charge < -0.3 is 28.1 Å². The van der Waals surface area contributed by atoms with Crippen molar-refractivity contribution in [1.29, 1.82) is 0 Å². The third-order valence-corrected chi connectivity index (χ3v) is 3.32. The summed E-state index contributed by atoms with van der Waals surface area (Å²) in [5.74, 6) is -0.956. The summed E-state index contributed by atoms with van der Waals surface area (Å²) in [5, 5.41) is 2.62. The second kappa shape index (κ2) is 17.7. The zero-order valence-corrected chi connectivity index (χ0v) is 24.4. The molecule has 0 aliphatic carbocycles. The van der Waals surface area contributed by atoms with Gasteiger partial charge in [0.15, 0.2) is 0 Å². The van der Waals surface area contributed by atoms with E-state index in [4.69, 9.17) is 10.5 Å². The van der Waals surface area contributed by atoms with Crippen LogP contribution in [0, 0.1) is 7.43 Å². The zero-order chi connectivity index (χ0) is 20.2. The van der Waals surface area contributed by atoms with E-state index in [9.17, 15) is 19.2 Å². The number of allylic oxidation sites excluding steroid dienone is 1. The van der Waals surface area contributed by atoms with Crippen molar-refractivity contribution in [3.63, 3.8) is 0 Å². The van der Waals surface area contributed by atoms with Gasteiger partial charge in [-0.3, -0.25) is 19.2 Å². The van der Waals surface area contributed by atoms with Crippen molar-refractivity contribution in [2.45, 2.75) is 58.1 Å². The van der Waals surface area contributed by atoms with E-state index in [0.717, 1.165) is 18.9 Å². The number of rotatable bonds is 11. The van der Waals surface area contributed by atoms with Gasteiger partial charge in [-0.25, -0.2) is 0 Å². The fourth-order valence-corrected chi connectivity index (χ4v) is 1.94. The fourth-order valence-electron chi connectivity index (χ4n) is 1.94. The minimum Gasteiger partial charge on any atom is -0.459 e. The number of unbranched alkanes of at least 4 members (excludes halogenated alkanes) is 2. The zero-order valence-electron chi connectivity index (χ0n) is 18.1. The van der Waals surface area contributed by atoms with Gasteiger partial charge in [0.25, 0.3) is 0 Å². The van der Waals surface area contributed by atoms with Crippen LogP contribution in [0.25, 0.3) is 0 Å². The van der Waals surface area contributed by atoms with Crippen molar-refractivity contribution in [3.8, 4) is 0 Å². The number of carbonyl (C=O) groups excluding carboxylic acids is 4. The molecule has 9 heteroatoms. The summed E-state index contributed by atoms with van der Waals surface area (Å²) in [6.07, 6.45) is 5.45. The van der Waals surface area contributed by atoms with Gasteiger partial charge in [-0.05, 0) is 39.7 Å². The van der Waals surface area contributed by atoms with Crippen molar-refractivity contribution in [1.82, 2.24) is 10.2 Å². The predicted molar refractivity (Wildman–Crippen MR) is 105 cm³/mol. The number of likely N-dealkylation sites (N-methyl/N-ethyl adjacent to an activating group) is 1. The number of esters is 1. The van der Waals surface area contributed by atoms with Gasteiger partial charge in [0.1, 0.15) is 17.9 Å². The Kier molecular flexibility index (Phi) is 20.5. The first-order valence-corrected chi connectivity index (χ1v) is 8.69. The Balaban J connectivity index is -0.00000312. The normalized spacial score (nSPS) is 11.6. The van der Waals surface area contributed by atoms with Crippen molar-refractivity contribution in [2.75, 3.05) is 20.1 Å². The van der Waals surface area contributed by atoms with Crippen LogP contribution in [0.3, 0.4) is 0 Å². The maximum atomic E-state index is 11.8. The largest absolute Gasteiger partial charge is 1.00 e. The Morgan fingerprint density at radius 1 is 1.18 bits per heavy atom. The van der Waals surface area contributed by atoms with Crippen molar-refractivity contribution in [2.24, 2.45) is 5.73 Å². The first-order chi connectivity index (χ1) is 12.1. The predicted octanol–water partition coefficient (Wildman–Crippen LogP) is -2.00. The molecule has 0 rings (SSSR count). The number of amides is 2. The number of carbonyl (C=O) groups is 4. The minimum atomic E-state index is -0.891. The number of nitrogens with one attached hydrogen (secondary N) is 1. The Hall–Kier alpha value is -0.168. The number of nitrogens with two attached hydrogens (primary N) is 1. The molecule has 28 heavy (non-hydrogen) atoms.